The van der Waals surface area contributed by atoms with Crippen LogP contribution in [0.5, 0.6) is 0 Å². The molecule has 0 aliphatic carbocycles. The van der Waals surface area contributed by atoms with Gasteiger partial charge in [0.2, 0.25) is 5.91 Å². The lowest BCUT2D eigenvalue weighted by molar-refractivity contribution is 0.0848. The van der Waals surface area contributed by atoms with Crippen LogP contribution in [0.2, 0.25) is 0 Å². The number of nitrogens with two attached hydrogens (primary N) is 1. The molecule has 0 atom stereocenters. The molecule has 0 radical (unpaired) electrons. The van der Waals surface area contributed by atoms with Gasteiger partial charge in [0, 0.05) is 16.7 Å². The largest absolute Gasteiger partial charge is 0.366 e. The van der Waals surface area contributed by atoms with Crippen molar-refractivity contribution < 1.29 is 14.4 Å². The highest BCUT2D eigenvalue weighted by molar-refractivity contribution is 7.17. The van der Waals surface area contributed by atoms with E-state index >= 15 is 0 Å². The third-order valence-corrected chi connectivity index (χ3v) is 4.95. The smallest absolute Gasteiger partial charge is 0.281 e. The Hall–Kier alpha value is -3.52. The zero-order chi connectivity index (χ0) is 19.4. The molecule has 8 heteroatoms. The molecule has 0 spiro atoms. The number of hydrogen-bond donors (Lipinski definition) is 3. The summed E-state index contributed by atoms with van der Waals surface area (Å²) in [7, 11) is 0. The van der Waals surface area contributed by atoms with Crippen LogP contribution in [0, 0.1) is 6.92 Å². The summed E-state index contributed by atoms with van der Waals surface area (Å²) >= 11 is 1.25. The number of nitrogens with one attached hydrogen (secondary N) is 2. The lowest BCUT2D eigenvalue weighted by Crippen LogP contribution is -2.41. The van der Waals surface area contributed by atoms with E-state index in [0.29, 0.717) is 16.1 Å². The Balaban J connectivity index is 1.66. The molecular weight excluding hydrogens is 364 g/mol. The maximum Gasteiger partial charge on any atom is 0.281 e. The number of carbonyl (C=O) groups is 3. The number of amides is 3. The summed E-state index contributed by atoms with van der Waals surface area (Å²) in [5.41, 5.74) is 12.0. The molecule has 0 saturated carbocycles. The topological polar surface area (TPSA) is 114 Å². The Bertz CT molecular complexity index is 998. The van der Waals surface area contributed by atoms with Crippen molar-refractivity contribution in [2.75, 3.05) is 0 Å². The maximum atomic E-state index is 12.4. The Morgan fingerprint density at radius 3 is 2.11 bits per heavy atom. The van der Waals surface area contributed by atoms with Crippen molar-refractivity contribution in [3.8, 4) is 10.6 Å². The average Bonchev–Trinajstić information content (AvgIpc) is 3.08. The minimum atomic E-state index is -0.579. The molecule has 0 bridgehead atoms. The van der Waals surface area contributed by atoms with Crippen LogP contribution in [0.1, 0.15) is 36.1 Å². The van der Waals surface area contributed by atoms with Crippen molar-refractivity contribution in [1.82, 2.24) is 15.8 Å². The molecule has 0 aliphatic rings. The molecule has 27 heavy (non-hydrogen) atoms. The highest BCUT2D eigenvalue weighted by Crippen LogP contribution is 2.27. The molecular formula is C19H16N4O3S. The molecule has 3 aromatic rings. The van der Waals surface area contributed by atoms with Crippen LogP contribution in [-0.4, -0.2) is 22.7 Å². The zero-order valence-corrected chi connectivity index (χ0v) is 15.2. The Morgan fingerprint density at radius 1 is 0.889 bits per heavy atom. The van der Waals surface area contributed by atoms with Crippen LogP contribution in [0.25, 0.3) is 10.6 Å². The first-order valence-corrected chi connectivity index (χ1v) is 8.81. The van der Waals surface area contributed by atoms with Crippen LogP contribution in [0.3, 0.4) is 0 Å². The number of aryl methyl sites for hydroxylation is 1. The van der Waals surface area contributed by atoms with E-state index in [9.17, 15) is 14.4 Å². The van der Waals surface area contributed by atoms with Gasteiger partial charge in [0.25, 0.3) is 11.8 Å². The fourth-order valence-electron chi connectivity index (χ4n) is 2.34. The lowest BCUT2D eigenvalue weighted by atomic mass is 10.1. The van der Waals surface area contributed by atoms with Gasteiger partial charge in [-0.2, -0.15) is 0 Å². The Labute approximate surface area is 159 Å². The van der Waals surface area contributed by atoms with E-state index in [0.717, 1.165) is 10.6 Å². The third-order valence-electron chi connectivity index (χ3n) is 3.74. The predicted octanol–water partition coefficient (Wildman–Crippen LogP) is 2.29. The number of nitrogens with zero attached hydrogens (tertiary/aromatic N) is 1. The molecule has 0 saturated heterocycles. The van der Waals surface area contributed by atoms with Gasteiger partial charge in [0.15, 0.2) is 0 Å². The summed E-state index contributed by atoms with van der Waals surface area (Å²) < 4.78 is 0. The number of thiazole rings is 1. The van der Waals surface area contributed by atoms with E-state index in [2.05, 4.69) is 15.8 Å². The molecule has 1 aromatic heterocycles. The highest BCUT2D eigenvalue weighted by Gasteiger charge is 2.17. The van der Waals surface area contributed by atoms with E-state index in [1.165, 1.54) is 35.6 Å². The second-order valence-electron chi connectivity index (χ2n) is 5.65. The minimum Gasteiger partial charge on any atom is -0.366 e. The van der Waals surface area contributed by atoms with E-state index in [1.54, 1.807) is 6.92 Å². The SMILES string of the molecule is Cc1nc(-c2ccccc2)sc1C(=O)NNC(=O)c1ccc(C(N)=O)cc1. The number of rotatable bonds is 4. The Morgan fingerprint density at radius 2 is 1.48 bits per heavy atom. The van der Waals surface area contributed by atoms with Gasteiger partial charge in [-0.3, -0.25) is 25.2 Å². The van der Waals surface area contributed by atoms with E-state index in [-0.39, 0.29) is 5.56 Å². The fraction of sp³-hybridized carbons (Fsp3) is 0.0526. The molecule has 7 nitrogen and oxygen atoms in total. The van der Waals surface area contributed by atoms with Crippen LogP contribution < -0.4 is 16.6 Å². The predicted molar refractivity (Wildman–Crippen MR) is 102 cm³/mol. The van der Waals surface area contributed by atoms with Crippen LogP contribution in [0.4, 0.5) is 0 Å². The standard InChI is InChI=1S/C19H16N4O3S/c1-11-15(27-19(21-11)14-5-3-2-4-6-14)18(26)23-22-17(25)13-9-7-12(8-10-13)16(20)24/h2-10H,1H3,(H2,20,24)(H,22,25)(H,23,26). The van der Waals surface area contributed by atoms with Gasteiger partial charge in [0.1, 0.15) is 9.88 Å². The Kier molecular flexibility index (Phi) is 5.28. The van der Waals surface area contributed by atoms with E-state index in [1.807, 2.05) is 30.3 Å². The summed E-state index contributed by atoms with van der Waals surface area (Å²) in [6.07, 6.45) is 0. The first-order chi connectivity index (χ1) is 13.0. The van der Waals surface area contributed by atoms with Gasteiger partial charge in [-0.25, -0.2) is 4.98 Å². The molecule has 2 aromatic carbocycles. The maximum absolute atomic E-state index is 12.4. The van der Waals surface area contributed by atoms with Gasteiger partial charge >= 0.3 is 0 Å². The second-order valence-corrected chi connectivity index (χ2v) is 6.65. The summed E-state index contributed by atoms with van der Waals surface area (Å²) in [5.74, 6) is -1.54. The van der Waals surface area contributed by atoms with Crippen molar-refractivity contribution >= 4 is 29.1 Å². The van der Waals surface area contributed by atoms with Crippen LogP contribution >= 0.6 is 11.3 Å². The number of aromatic nitrogens is 1. The van der Waals surface area contributed by atoms with Crippen LogP contribution in [-0.2, 0) is 0 Å². The number of hydrazine groups is 1. The molecule has 4 N–H and O–H groups in total. The normalized spacial score (nSPS) is 10.3. The first-order valence-electron chi connectivity index (χ1n) is 7.99. The summed E-state index contributed by atoms with van der Waals surface area (Å²) in [4.78, 5) is 40.4. The van der Waals surface area contributed by atoms with Crippen molar-refractivity contribution in [2.24, 2.45) is 5.73 Å². The molecule has 0 fully saturated rings. The van der Waals surface area contributed by atoms with Gasteiger partial charge in [0.05, 0.1) is 5.69 Å². The summed E-state index contributed by atoms with van der Waals surface area (Å²) in [6.45, 7) is 1.74. The van der Waals surface area contributed by atoms with Crippen molar-refractivity contribution in [2.45, 2.75) is 6.92 Å². The number of carbonyl (C=O) groups excluding carboxylic acids is 3. The highest BCUT2D eigenvalue weighted by atomic mass is 32.1. The van der Waals surface area contributed by atoms with Gasteiger partial charge in [-0.05, 0) is 31.2 Å². The zero-order valence-electron chi connectivity index (χ0n) is 14.4. The first kappa shape index (κ1) is 18.3. The van der Waals surface area contributed by atoms with E-state index < -0.39 is 17.7 Å². The fourth-order valence-corrected chi connectivity index (χ4v) is 3.31. The number of benzene rings is 2. The molecule has 136 valence electrons. The minimum absolute atomic E-state index is 0.284. The van der Waals surface area contributed by atoms with Crippen molar-refractivity contribution in [1.29, 1.82) is 0 Å². The van der Waals surface area contributed by atoms with Crippen LogP contribution in [0.15, 0.2) is 54.6 Å². The quantitative estimate of drug-likeness (QED) is 0.603. The second kappa shape index (κ2) is 7.79. The van der Waals surface area contributed by atoms with Gasteiger partial charge < -0.3 is 5.73 Å². The van der Waals surface area contributed by atoms with Crippen molar-refractivity contribution in [3.05, 3.63) is 76.3 Å². The molecule has 1 heterocycles. The van der Waals surface area contributed by atoms with Gasteiger partial charge in [-0.1, -0.05) is 30.3 Å². The average molecular weight is 380 g/mol. The van der Waals surface area contributed by atoms with Crippen molar-refractivity contribution in [3.63, 3.8) is 0 Å². The van der Waals surface area contributed by atoms with E-state index in [4.69, 9.17) is 5.73 Å². The number of hydrogen-bond acceptors (Lipinski definition) is 5. The summed E-state index contributed by atoms with van der Waals surface area (Å²) in [5, 5.41) is 0.728. The molecule has 0 aliphatic heterocycles. The molecule has 3 amide bonds. The molecule has 3 rings (SSSR count). The third kappa shape index (κ3) is 4.18. The monoisotopic (exact) mass is 380 g/mol. The van der Waals surface area contributed by atoms with Gasteiger partial charge in [-0.15, -0.1) is 11.3 Å². The summed E-state index contributed by atoms with van der Waals surface area (Å²) in [6, 6.07) is 15.3. The number of primary amides is 1. The molecule has 0 unspecified atom stereocenters. The lowest BCUT2D eigenvalue weighted by Gasteiger charge is -2.07.